The number of esters is 1. The molecule has 2 aromatic carbocycles. The largest absolute Gasteiger partial charge is 0.493 e. The Kier molecular flexibility index (Phi) is 8.70. The van der Waals surface area contributed by atoms with E-state index in [4.69, 9.17) is 20.9 Å². The lowest BCUT2D eigenvalue weighted by atomic mass is 10.0. The highest BCUT2D eigenvalue weighted by molar-refractivity contribution is 7.85. The first kappa shape index (κ1) is 24.3. The number of carbonyl (C=O) groups is 1. The van der Waals surface area contributed by atoms with Crippen LogP contribution in [-0.2, 0) is 39.6 Å². The van der Waals surface area contributed by atoms with E-state index in [1.807, 2.05) is 12.1 Å². The van der Waals surface area contributed by atoms with E-state index in [1.165, 1.54) is 7.11 Å². The zero-order valence-corrected chi connectivity index (χ0v) is 20.2. The summed E-state index contributed by atoms with van der Waals surface area (Å²) < 4.78 is 29.0. The van der Waals surface area contributed by atoms with Gasteiger partial charge in [0.25, 0.3) is 0 Å². The van der Waals surface area contributed by atoms with Crippen LogP contribution < -0.4 is 4.74 Å². The molecule has 1 aromatic heterocycles. The van der Waals surface area contributed by atoms with Crippen molar-refractivity contribution in [3.8, 4) is 5.75 Å². The number of hydrogen-bond acceptors (Lipinski definition) is 6. The van der Waals surface area contributed by atoms with E-state index >= 15 is 0 Å². The molecule has 1 unspecified atom stereocenters. The number of methoxy groups -OCH3 is 1. The number of aryl methyl sites for hydroxylation is 2. The quantitative estimate of drug-likeness (QED) is 0.276. The van der Waals surface area contributed by atoms with Gasteiger partial charge in [-0.15, -0.1) is 0 Å². The van der Waals surface area contributed by atoms with Crippen molar-refractivity contribution in [3.05, 3.63) is 52.2 Å². The second kappa shape index (κ2) is 11.5. The monoisotopic (exact) mass is 477 g/mol. The molecule has 0 fully saturated rings. The molecule has 8 heteroatoms. The molecular formula is C24H28ClNO5S. The highest BCUT2D eigenvalue weighted by atomic mass is 35.5. The number of hydrogen-bond donors (Lipinski definition) is 0. The topological polar surface area (TPSA) is 78.6 Å². The smallest absolute Gasteiger partial charge is 0.309 e. The highest BCUT2D eigenvalue weighted by Crippen LogP contribution is 2.31. The maximum Gasteiger partial charge on any atom is 0.309 e. The molecule has 32 heavy (non-hydrogen) atoms. The second-order valence-electron chi connectivity index (χ2n) is 7.42. The Morgan fingerprint density at radius 1 is 1.22 bits per heavy atom. The minimum Gasteiger partial charge on any atom is -0.493 e. The summed E-state index contributed by atoms with van der Waals surface area (Å²) >= 11 is 6.29. The minimum absolute atomic E-state index is 0.131. The number of halogens is 1. The number of aromatic nitrogens is 1. The summed E-state index contributed by atoms with van der Waals surface area (Å²) in [5.41, 5.74) is 3.50. The van der Waals surface area contributed by atoms with Crippen molar-refractivity contribution in [1.29, 1.82) is 0 Å². The summed E-state index contributed by atoms with van der Waals surface area (Å²) in [6.07, 6.45) is 3.35. The molecule has 6 nitrogen and oxygen atoms in total. The molecular weight excluding hydrogens is 450 g/mol. The first-order valence-corrected chi connectivity index (χ1v) is 12.4. The molecule has 0 N–H and O–H groups in total. The lowest BCUT2D eigenvalue weighted by molar-refractivity contribution is -0.139. The summed E-state index contributed by atoms with van der Waals surface area (Å²) in [5.74, 6) is 0.863. The van der Waals surface area contributed by atoms with Crippen LogP contribution >= 0.6 is 11.6 Å². The number of rotatable bonds is 11. The predicted molar refractivity (Wildman–Crippen MR) is 126 cm³/mol. The lowest BCUT2D eigenvalue weighted by Crippen LogP contribution is -2.07. The zero-order chi connectivity index (χ0) is 23.1. The Bertz CT molecular complexity index is 1110. The Hall–Kier alpha value is -2.38. The van der Waals surface area contributed by atoms with E-state index in [0.29, 0.717) is 28.7 Å². The van der Waals surface area contributed by atoms with Gasteiger partial charge in [0.15, 0.2) is 5.58 Å². The predicted octanol–water partition coefficient (Wildman–Crippen LogP) is 5.29. The van der Waals surface area contributed by atoms with Crippen molar-refractivity contribution in [1.82, 2.24) is 5.16 Å². The van der Waals surface area contributed by atoms with Crippen LogP contribution in [0.2, 0.25) is 5.02 Å². The molecule has 0 aliphatic rings. The van der Waals surface area contributed by atoms with Crippen molar-refractivity contribution >= 4 is 39.3 Å². The number of carbonyl (C=O) groups excluding carboxylic acids is 1. The van der Waals surface area contributed by atoms with Crippen LogP contribution in [0.3, 0.4) is 0 Å². The third-order valence-corrected chi connectivity index (χ3v) is 7.09. The molecule has 0 aliphatic heterocycles. The van der Waals surface area contributed by atoms with Crippen molar-refractivity contribution in [3.63, 3.8) is 0 Å². The number of fused-ring (bicyclic) bond motifs is 1. The van der Waals surface area contributed by atoms with E-state index in [2.05, 4.69) is 23.7 Å². The fraction of sp³-hybridized carbons (Fsp3) is 0.417. The summed E-state index contributed by atoms with van der Waals surface area (Å²) in [7, 11) is 0.0787. The summed E-state index contributed by atoms with van der Waals surface area (Å²) in [6.45, 7) is 4.60. The van der Waals surface area contributed by atoms with Gasteiger partial charge in [-0.25, -0.2) is 0 Å². The van der Waals surface area contributed by atoms with Crippen molar-refractivity contribution in [2.24, 2.45) is 0 Å². The van der Waals surface area contributed by atoms with Crippen LogP contribution in [0.25, 0.3) is 11.0 Å². The molecule has 0 aliphatic carbocycles. The molecule has 0 amide bonds. The van der Waals surface area contributed by atoms with Crippen molar-refractivity contribution < 1.29 is 23.0 Å². The molecule has 1 atom stereocenters. The summed E-state index contributed by atoms with van der Waals surface area (Å²) in [6, 6.07) is 9.09. The normalized spacial score (nSPS) is 12.1. The molecule has 0 saturated heterocycles. The van der Waals surface area contributed by atoms with Gasteiger partial charge in [0, 0.05) is 16.7 Å². The van der Waals surface area contributed by atoms with Gasteiger partial charge < -0.3 is 14.0 Å². The Morgan fingerprint density at radius 2 is 2.03 bits per heavy atom. The summed E-state index contributed by atoms with van der Waals surface area (Å²) in [4.78, 5) is 12.0. The van der Waals surface area contributed by atoms with E-state index < -0.39 is 10.8 Å². The Labute approximate surface area is 195 Å². The van der Waals surface area contributed by atoms with Gasteiger partial charge >= 0.3 is 5.97 Å². The van der Waals surface area contributed by atoms with Gasteiger partial charge in [0.2, 0.25) is 0 Å². The van der Waals surface area contributed by atoms with E-state index in [-0.39, 0.29) is 12.4 Å². The first-order chi connectivity index (χ1) is 15.5. The summed E-state index contributed by atoms with van der Waals surface area (Å²) in [5, 5.41) is 5.60. The maximum atomic E-state index is 12.7. The van der Waals surface area contributed by atoms with Gasteiger partial charge in [-0.2, -0.15) is 0 Å². The molecule has 0 radical (unpaired) electrons. The van der Waals surface area contributed by atoms with Gasteiger partial charge in [0.05, 0.1) is 46.5 Å². The van der Waals surface area contributed by atoms with E-state index in [0.717, 1.165) is 52.8 Å². The molecule has 1 heterocycles. The molecule has 172 valence electrons. The van der Waals surface area contributed by atoms with Crippen LogP contribution in [0, 0.1) is 0 Å². The molecule has 3 rings (SSSR count). The molecule has 3 aromatic rings. The highest BCUT2D eigenvalue weighted by Gasteiger charge is 2.16. The lowest BCUT2D eigenvalue weighted by Gasteiger charge is -2.12. The van der Waals surface area contributed by atoms with Crippen LogP contribution in [0.15, 0.2) is 39.8 Å². The second-order valence-corrected chi connectivity index (χ2v) is 9.37. The number of nitrogens with zero attached hydrogens (tertiary/aromatic N) is 1. The molecule has 0 spiro atoms. The SMILES string of the molecule is CCCc1c(OCCCS(=O)c2ccc(CC(=O)OC)cc2Cl)ccc2c(CC)noc12. The first-order valence-electron chi connectivity index (χ1n) is 10.7. The average Bonchev–Trinajstić information content (AvgIpc) is 3.21. The standard InChI is InChI=1S/C24H28ClNO5S/c1-4-7-18-21(10-9-17-20(5-2)26-31-24(17)18)30-12-6-13-32(28)22-11-8-16(14-19(22)25)15-23(27)29-3/h8-11,14H,4-7,12-13,15H2,1-3H3. The fourth-order valence-electron chi connectivity index (χ4n) is 3.53. The molecule has 0 saturated carbocycles. The van der Waals surface area contributed by atoms with Gasteiger partial charge in [0.1, 0.15) is 5.75 Å². The van der Waals surface area contributed by atoms with Crippen LogP contribution in [0.4, 0.5) is 0 Å². The number of benzene rings is 2. The number of ether oxygens (including phenoxy) is 2. The van der Waals surface area contributed by atoms with Crippen LogP contribution in [0.5, 0.6) is 5.75 Å². The van der Waals surface area contributed by atoms with Gasteiger partial charge in [-0.1, -0.05) is 43.1 Å². The van der Waals surface area contributed by atoms with Crippen LogP contribution in [0.1, 0.15) is 43.5 Å². The van der Waals surface area contributed by atoms with Crippen molar-refractivity contribution in [2.75, 3.05) is 19.5 Å². The van der Waals surface area contributed by atoms with E-state index in [1.54, 1.807) is 18.2 Å². The average molecular weight is 478 g/mol. The van der Waals surface area contributed by atoms with Crippen LogP contribution in [-0.4, -0.2) is 34.8 Å². The third-order valence-electron chi connectivity index (χ3n) is 5.16. The van der Waals surface area contributed by atoms with Crippen molar-refractivity contribution in [2.45, 2.75) is 50.8 Å². The third kappa shape index (κ3) is 5.70. The van der Waals surface area contributed by atoms with E-state index in [9.17, 15) is 9.00 Å². The van der Waals surface area contributed by atoms with Gasteiger partial charge in [-0.3, -0.25) is 9.00 Å². The minimum atomic E-state index is -1.26. The van der Waals surface area contributed by atoms with Gasteiger partial charge in [-0.05, 0) is 49.1 Å². The Balaban J connectivity index is 1.60. The zero-order valence-electron chi connectivity index (χ0n) is 18.6. The molecule has 0 bridgehead atoms. The Morgan fingerprint density at radius 3 is 2.72 bits per heavy atom. The fourth-order valence-corrected chi connectivity index (χ4v) is 5.09. The maximum absolute atomic E-state index is 12.7.